The van der Waals surface area contributed by atoms with Crippen LogP contribution in [-0.4, -0.2) is 78.1 Å². The predicted molar refractivity (Wildman–Crippen MR) is 160 cm³/mol. The third-order valence-corrected chi connectivity index (χ3v) is 9.15. The zero-order chi connectivity index (χ0) is 32.3. The number of nitrogens with zero attached hydrogens (tertiary/aromatic N) is 1. The molecule has 1 aliphatic heterocycles. The summed E-state index contributed by atoms with van der Waals surface area (Å²) in [4.78, 5) is 81.1. The molecule has 11 nitrogen and oxygen atoms in total. The van der Waals surface area contributed by atoms with Crippen LogP contribution in [0.5, 0.6) is 0 Å². The Morgan fingerprint density at radius 2 is 1.56 bits per heavy atom. The van der Waals surface area contributed by atoms with Crippen LogP contribution in [0, 0.1) is 28.6 Å². The summed E-state index contributed by atoms with van der Waals surface area (Å²) in [5, 5.41) is 8.48. The average molecular weight is 605 g/mol. The van der Waals surface area contributed by atoms with E-state index in [-0.39, 0.29) is 30.2 Å². The van der Waals surface area contributed by atoms with Crippen molar-refractivity contribution in [2.75, 3.05) is 13.7 Å². The van der Waals surface area contributed by atoms with E-state index in [1.807, 2.05) is 48.5 Å². The molecule has 0 aromatic rings. The SMILES string of the molecule is CCC[C@H](NC(=O)[C@@H]1[C@H]2CCC[C@H]2CN1C(=O)[C@@H](NC(=O)[C@@H](CC(=O)OC)C(C)(C)C)C(C)(C)C)C(=O)C(=O)NC1CC1. The fourth-order valence-electron chi connectivity index (χ4n) is 6.42. The largest absolute Gasteiger partial charge is 0.469 e. The van der Waals surface area contributed by atoms with Gasteiger partial charge in [-0.3, -0.25) is 28.8 Å². The van der Waals surface area contributed by atoms with Gasteiger partial charge in [-0.25, -0.2) is 0 Å². The standard InChI is InChI=1S/C32H52N4O7/c1-9-11-22(25(38)29(41)33-19-14-15-19)34-28(40)24-20-13-10-12-18(20)17-36(24)30(42)26(32(5,6)7)35-27(39)21(31(2,3)4)16-23(37)43-8/h18-22,24,26H,9-17H2,1-8H3,(H,33,41)(H,34,40)(H,35,39)/t18-,20-,21+,22-,24-,26+/m0/s1. The maximum absolute atomic E-state index is 14.3. The van der Waals surface area contributed by atoms with Crippen LogP contribution in [-0.2, 0) is 33.5 Å². The highest BCUT2D eigenvalue weighted by molar-refractivity contribution is 6.38. The molecule has 0 bridgehead atoms. The van der Waals surface area contributed by atoms with Gasteiger partial charge in [0.2, 0.25) is 23.5 Å². The molecule has 3 rings (SSSR count). The first-order chi connectivity index (χ1) is 20.0. The second-order valence-corrected chi connectivity index (χ2v) is 14.8. The lowest BCUT2D eigenvalue weighted by atomic mass is 9.77. The van der Waals surface area contributed by atoms with Gasteiger partial charge in [0.1, 0.15) is 12.1 Å². The molecule has 3 N–H and O–H groups in total. The van der Waals surface area contributed by atoms with Gasteiger partial charge in [-0.1, -0.05) is 61.3 Å². The van der Waals surface area contributed by atoms with E-state index in [0.717, 1.165) is 32.1 Å². The number of hydrogen-bond acceptors (Lipinski definition) is 7. The number of carbonyl (C=O) groups is 6. The number of nitrogens with one attached hydrogen (secondary N) is 3. The summed E-state index contributed by atoms with van der Waals surface area (Å²) in [5.41, 5.74) is -1.29. The second-order valence-electron chi connectivity index (χ2n) is 14.8. The highest BCUT2D eigenvalue weighted by atomic mass is 16.5. The van der Waals surface area contributed by atoms with Crippen molar-refractivity contribution >= 4 is 35.4 Å². The number of Topliss-reactive ketones (excluding diaryl/α,β-unsaturated/α-hetero) is 1. The van der Waals surface area contributed by atoms with Crippen molar-refractivity contribution in [3.8, 4) is 0 Å². The number of fused-ring (bicyclic) bond motifs is 1. The van der Waals surface area contributed by atoms with Crippen molar-refractivity contribution in [3.05, 3.63) is 0 Å². The molecular formula is C32H52N4O7. The summed E-state index contributed by atoms with van der Waals surface area (Å²) in [7, 11) is 1.27. The van der Waals surface area contributed by atoms with Crippen LogP contribution in [0.2, 0.25) is 0 Å². The normalized spacial score (nSPS) is 23.9. The van der Waals surface area contributed by atoms with E-state index in [1.165, 1.54) is 7.11 Å². The third-order valence-electron chi connectivity index (χ3n) is 9.15. The molecule has 0 radical (unpaired) electrons. The quantitative estimate of drug-likeness (QED) is 0.229. The Balaban J connectivity index is 1.85. The van der Waals surface area contributed by atoms with Gasteiger partial charge in [0.25, 0.3) is 5.91 Å². The van der Waals surface area contributed by atoms with Gasteiger partial charge in [0, 0.05) is 12.6 Å². The molecule has 4 amide bonds. The van der Waals surface area contributed by atoms with Gasteiger partial charge >= 0.3 is 5.97 Å². The number of esters is 1. The second kappa shape index (κ2) is 13.8. The van der Waals surface area contributed by atoms with Crippen molar-refractivity contribution < 1.29 is 33.5 Å². The first-order valence-electron chi connectivity index (χ1n) is 15.8. The Morgan fingerprint density at radius 1 is 0.907 bits per heavy atom. The van der Waals surface area contributed by atoms with Crippen LogP contribution in [0.4, 0.5) is 0 Å². The summed E-state index contributed by atoms with van der Waals surface area (Å²) in [6.07, 6.45) is 5.07. The molecule has 2 aliphatic carbocycles. The van der Waals surface area contributed by atoms with E-state index < -0.39 is 64.3 Å². The van der Waals surface area contributed by atoms with Crippen molar-refractivity contribution in [2.24, 2.45) is 28.6 Å². The van der Waals surface area contributed by atoms with E-state index >= 15 is 0 Å². The third kappa shape index (κ3) is 8.56. The number of rotatable bonds is 12. The maximum atomic E-state index is 14.3. The molecular weight excluding hydrogens is 552 g/mol. The average Bonchev–Trinajstić information content (AvgIpc) is 3.48. The number of amides is 4. The minimum atomic E-state index is -0.974. The molecule has 2 saturated carbocycles. The van der Waals surface area contributed by atoms with E-state index in [1.54, 1.807) is 4.90 Å². The molecule has 0 aromatic heterocycles. The van der Waals surface area contributed by atoms with Crippen LogP contribution < -0.4 is 16.0 Å². The lowest BCUT2D eigenvalue weighted by Crippen LogP contribution is -2.60. The van der Waals surface area contributed by atoms with Gasteiger partial charge in [-0.2, -0.15) is 0 Å². The van der Waals surface area contributed by atoms with Crippen LogP contribution in [0.1, 0.15) is 99.8 Å². The molecule has 1 saturated heterocycles. The topological polar surface area (TPSA) is 151 Å². The highest BCUT2D eigenvalue weighted by Gasteiger charge is 2.52. The molecule has 0 aromatic carbocycles. The molecule has 3 aliphatic rings. The molecule has 0 spiro atoms. The lowest BCUT2D eigenvalue weighted by molar-refractivity contribution is -0.149. The minimum Gasteiger partial charge on any atom is -0.469 e. The van der Waals surface area contributed by atoms with Crippen molar-refractivity contribution in [1.82, 2.24) is 20.9 Å². The Bertz CT molecular complexity index is 1090. The first kappa shape index (κ1) is 34.5. The zero-order valence-corrected chi connectivity index (χ0v) is 27.2. The summed E-state index contributed by atoms with van der Waals surface area (Å²) in [6, 6.07) is -2.73. The Hall–Kier alpha value is -2.98. The maximum Gasteiger partial charge on any atom is 0.306 e. The van der Waals surface area contributed by atoms with Gasteiger partial charge in [0.15, 0.2) is 0 Å². The van der Waals surface area contributed by atoms with Crippen LogP contribution in [0.25, 0.3) is 0 Å². The van der Waals surface area contributed by atoms with E-state index in [9.17, 15) is 28.8 Å². The lowest BCUT2D eigenvalue weighted by Gasteiger charge is -2.38. The van der Waals surface area contributed by atoms with Gasteiger partial charge in [-0.15, -0.1) is 0 Å². The molecule has 1 heterocycles. The summed E-state index contributed by atoms with van der Waals surface area (Å²) < 4.78 is 4.82. The van der Waals surface area contributed by atoms with Gasteiger partial charge < -0.3 is 25.6 Å². The number of ether oxygens (including phenoxy) is 1. The molecule has 11 heteroatoms. The summed E-state index contributed by atoms with van der Waals surface area (Å²) >= 11 is 0. The van der Waals surface area contributed by atoms with Gasteiger partial charge in [0.05, 0.1) is 25.5 Å². The monoisotopic (exact) mass is 604 g/mol. The number of likely N-dealkylation sites (tertiary alicyclic amines) is 1. The molecule has 6 atom stereocenters. The number of hydrogen-bond donors (Lipinski definition) is 3. The highest BCUT2D eigenvalue weighted by Crippen LogP contribution is 2.43. The fraction of sp³-hybridized carbons (Fsp3) is 0.812. The van der Waals surface area contributed by atoms with E-state index in [4.69, 9.17) is 4.74 Å². The Kier molecular flexibility index (Phi) is 11.0. The van der Waals surface area contributed by atoms with Crippen molar-refractivity contribution in [1.29, 1.82) is 0 Å². The van der Waals surface area contributed by atoms with Crippen LogP contribution >= 0.6 is 0 Å². The van der Waals surface area contributed by atoms with Crippen LogP contribution in [0.3, 0.4) is 0 Å². The molecule has 0 unspecified atom stereocenters. The molecule has 43 heavy (non-hydrogen) atoms. The molecule has 3 fully saturated rings. The smallest absolute Gasteiger partial charge is 0.306 e. The molecule has 242 valence electrons. The predicted octanol–water partition coefficient (Wildman–Crippen LogP) is 2.50. The van der Waals surface area contributed by atoms with E-state index in [2.05, 4.69) is 16.0 Å². The summed E-state index contributed by atoms with van der Waals surface area (Å²) in [5.74, 6) is -3.78. The summed E-state index contributed by atoms with van der Waals surface area (Å²) in [6.45, 7) is 13.4. The zero-order valence-electron chi connectivity index (χ0n) is 27.2. The first-order valence-corrected chi connectivity index (χ1v) is 15.8. The van der Waals surface area contributed by atoms with Crippen molar-refractivity contribution in [3.63, 3.8) is 0 Å². The van der Waals surface area contributed by atoms with Crippen LogP contribution in [0.15, 0.2) is 0 Å². The van der Waals surface area contributed by atoms with Gasteiger partial charge in [-0.05, 0) is 54.8 Å². The fourth-order valence-corrected chi connectivity index (χ4v) is 6.42. The Morgan fingerprint density at radius 3 is 2.09 bits per heavy atom. The minimum absolute atomic E-state index is 0.0201. The number of ketones is 1. The Labute approximate surface area is 256 Å². The van der Waals surface area contributed by atoms with Crippen molar-refractivity contribution in [2.45, 2.75) is 124 Å². The van der Waals surface area contributed by atoms with E-state index in [0.29, 0.717) is 19.4 Å². The number of methoxy groups -OCH3 is 1. The number of carbonyl (C=O) groups excluding carboxylic acids is 6.